The zero-order chi connectivity index (χ0) is 21.1. The third kappa shape index (κ3) is 4.48. The van der Waals surface area contributed by atoms with Crippen LogP contribution in [-0.4, -0.2) is 41.3 Å². The molecule has 10 heteroatoms. The number of nitrogens with one attached hydrogen (secondary N) is 1. The third-order valence-corrected chi connectivity index (χ3v) is 6.10. The van der Waals surface area contributed by atoms with Gasteiger partial charge in [-0.25, -0.2) is 12.8 Å². The normalized spacial score (nSPS) is 11.1. The standard InChI is InChI=1S/C18H20ClFN2O5S/c1-5-28(24,25)22(2)15-10-17(27-4)16(26-3)9-12(15)18(23)21-11-6-7-14(20)13(19)8-11/h6-10H,5H2,1-4H3,(H,21,23). The molecule has 0 heterocycles. The average Bonchev–Trinajstić information content (AvgIpc) is 2.68. The second kappa shape index (κ2) is 8.66. The summed E-state index contributed by atoms with van der Waals surface area (Å²) in [6, 6.07) is 6.48. The number of benzene rings is 2. The number of ether oxygens (including phenoxy) is 2. The average molecular weight is 431 g/mol. The van der Waals surface area contributed by atoms with E-state index in [2.05, 4.69) is 5.32 Å². The maximum atomic E-state index is 13.3. The van der Waals surface area contributed by atoms with E-state index in [1.807, 2.05) is 0 Å². The van der Waals surface area contributed by atoms with Crippen LogP contribution in [0.1, 0.15) is 17.3 Å². The fraction of sp³-hybridized carbons (Fsp3) is 0.278. The van der Waals surface area contributed by atoms with Crippen LogP contribution in [0, 0.1) is 5.82 Å². The number of anilines is 2. The van der Waals surface area contributed by atoms with Crippen LogP contribution in [0.4, 0.5) is 15.8 Å². The molecule has 2 aromatic carbocycles. The van der Waals surface area contributed by atoms with E-state index in [1.165, 1.54) is 52.5 Å². The monoisotopic (exact) mass is 430 g/mol. The molecule has 0 unspecified atom stereocenters. The van der Waals surface area contributed by atoms with Gasteiger partial charge in [0.2, 0.25) is 10.0 Å². The predicted octanol–water partition coefficient (Wildman–Crippen LogP) is 3.53. The highest BCUT2D eigenvalue weighted by atomic mass is 35.5. The Balaban J connectivity index is 2.56. The third-order valence-electron chi connectivity index (χ3n) is 4.05. The molecule has 2 aromatic rings. The van der Waals surface area contributed by atoms with Crippen molar-refractivity contribution in [3.8, 4) is 11.5 Å². The molecule has 0 fully saturated rings. The van der Waals surface area contributed by atoms with Gasteiger partial charge < -0.3 is 14.8 Å². The minimum Gasteiger partial charge on any atom is -0.493 e. The van der Waals surface area contributed by atoms with E-state index in [0.29, 0.717) is 0 Å². The first kappa shape index (κ1) is 21.8. The summed E-state index contributed by atoms with van der Waals surface area (Å²) in [5.41, 5.74) is 0.376. The van der Waals surface area contributed by atoms with Crippen molar-refractivity contribution in [2.45, 2.75) is 6.92 Å². The number of nitrogens with zero attached hydrogens (tertiary/aromatic N) is 1. The molecule has 0 radical (unpaired) electrons. The number of hydrogen-bond donors (Lipinski definition) is 1. The quantitative estimate of drug-likeness (QED) is 0.726. The van der Waals surface area contributed by atoms with Crippen LogP contribution >= 0.6 is 11.6 Å². The SMILES string of the molecule is CCS(=O)(=O)N(C)c1cc(OC)c(OC)cc1C(=O)Nc1ccc(F)c(Cl)c1. The Morgan fingerprint density at radius 3 is 2.32 bits per heavy atom. The fourth-order valence-electron chi connectivity index (χ4n) is 2.43. The highest BCUT2D eigenvalue weighted by Gasteiger charge is 2.25. The summed E-state index contributed by atoms with van der Waals surface area (Å²) in [5.74, 6) is -0.906. The Bertz CT molecular complexity index is 998. The van der Waals surface area contributed by atoms with Gasteiger partial charge in [-0.2, -0.15) is 0 Å². The van der Waals surface area contributed by atoms with E-state index in [4.69, 9.17) is 21.1 Å². The maximum absolute atomic E-state index is 13.3. The number of amides is 1. The molecule has 0 aliphatic heterocycles. The lowest BCUT2D eigenvalue weighted by molar-refractivity contribution is 0.102. The van der Waals surface area contributed by atoms with Gasteiger partial charge in [-0.3, -0.25) is 9.10 Å². The highest BCUT2D eigenvalue weighted by Crippen LogP contribution is 2.36. The van der Waals surface area contributed by atoms with E-state index < -0.39 is 21.7 Å². The topological polar surface area (TPSA) is 84.9 Å². The molecule has 0 bridgehead atoms. The number of sulfonamides is 1. The van der Waals surface area contributed by atoms with Crippen LogP contribution in [0.25, 0.3) is 0 Å². The number of halogens is 2. The van der Waals surface area contributed by atoms with Crippen LogP contribution in [0.5, 0.6) is 11.5 Å². The van der Waals surface area contributed by atoms with Gasteiger partial charge in [0.1, 0.15) is 5.82 Å². The minimum atomic E-state index is -3.65. The number of carbonyl (C=O) groups is 1. The number of hydrogen-bond acceptors (Lipinski definition) is 5. The molecule has 152 valence electrons. The van der Waals surface area contributed by atoms with E-state index in [0.717, 1.165) is 10.4 Å². The number of carbonyl (C=O) groups excluding carboxylic acids is 1. The molecule has 7 nitrogen and oxygen atoms in total. The molecular formula is C18H20ClFN2O5S. The van der Waals surface area contributed by atoms with Gasteiger partial charge in [-0.1, -0.05) is 11.6 Å². The van der Waals surface area contributed by atoms with Gasteiger partial charge in [-0.05, 0) is 31.2 Å². The van der Waals surface area contributed by atoms with Crippen molar-refractivity contribution in [3.63, 3.8) is 0 Å². The Hall–Kier alpha value is -2.52. The second-order valence-electron chi connectivity index (χ2n) is 5.68. The lowest BCUT2D eigenvalue weighted by Gasteiger charge is -2.23. The van der Waals surface area contributed by atoms with Crippen molar-refractivity contribution in [2.24, 2.45) is 0 Å². The largest absolute Gasteiger partial charge is 0.493 e. The van der Waals surface area contributed by atoms with Crippen molar-refractivity contribution in [2.75, 3.05) is 36.6 Å². The molecule has 1 amide bonds. The van der Waals surface area contributed by atoms with Gasteiger partial charge in [0.05, 0.1) is 36.2 Å². The van der Waals surface area contributed by atoms with E-state index >= 15 is 0 Å². The first-order chi connectivity index (χ1) is 13.1. The Kier molecular flexibility index (Phi) is 6.73. The summed E-state index contributed by atoms with van der Waals surface area (Å²) >= 11 is 5.74. The number of rotatable bonds is 7. The zero-order valence-electron chi connectivity index (χ0n) is 15.7. The van der Waals surface area contributed by atoms with Gasteiger partial charge in [-0.15, -0.1) is 0 Å². The van der Waals surface area contributed by atoms with Crippen LogP contribution in [-0.2, 0) is 10.0 Å². The molecule has 1 N–H and O–H groups in total. The van der Waals surface area contributed by atoms with Crippen LogP contribution in [0.3, 0.4) is 0 Å². The van der Waals surface area contributed by atoms with Crippen LogP contribution in [0.15, 0.2) is 30.3 Å². The summed E-state index contributed by atoms with van der Waals surface area (Å²) in [6.07, 6.45) is 0. The molecular weight excluding hydrogens is 411 g/mol. The van der Waals surface area contributed by atoms with Crippen molar-refractivity contribution in [1.29, 1.82) is 0 Å². The smallest absolute Gasteiger partial charge is 0.257 e. The fourth-order valence-corrected chi connectivity index (χ4v) is 3.45. The van der Waals surface area contributed by atoms with Crippen LogP contribution in [0.2, 0.25) is 5.02 Å². The summed E-state index contributed by atoms with van der Waals surface area (Å²) in [4.78, 5) is 12.9. The van der Waals surface area contributed by atoms with Crippen molar-refractivity contribution >= 4 is 38.9 Å². The lowest BCUT2D eigenvalue weighted by Crippen LogP contribution is -2.30. The zero-order valence-corrected chi connectivity index (χ0v) is 17.3. The van der Waals surface area contributed by atoms with Crippen LogP contribution < -0.4 is 19.1 Å². The minimum absolute atomic E-state index is 0.0256. The molecule has 0 saturated carbocycles. The van der Waals surface area contributed by atoms with Gasteiger partial charge in [0.25, 0.3) is 5.91 Å². The summed E-state index contributed by atoms with van der Waals surface area (Å²) in [6.45, 7) is 1.49. The Labute approximate surface area is 168 Å². The molecule has 2 rings (SSSR count). The Morgan fingerprint density at radius 2 is 1.79 bits per heavy atom. The van der Waals surface area contributed by atoms with Crippen molar-refractivity contribution in [1.82, 2.24) is 0 Å². The molecule has 0 aliphatic rings. The van der Waals surface area contributed by atoms with Gasteiger partial charge in [0, 0.05) is 18.8 Å². The summed E-state index contributed by atoms with van der Waals surface area (Å²) in [7, 11) is 0.481. The molecule has 0 aromatic heterocycles. The summed E-state index contributed by atoms with van der Waals surface area (Å²) in [5, 5.41) is 2.42. The van der Waals surface area contributed by atoms with Crippen molar-refractivity contribution < 1.29 is 27.1 Å². The first-order valence-electron chi connectivity index (χ1n) is 8.13. The lowest BCUT2D eigenvalue weighted by atomic mass is 10.1. The molecule has 0 saturated heterocycles. The molecule has 28 heavy (non-hydrogen) atoms. The predicted molar refractivity (Wildman–Crippen MR) is 107 cm³/mol. The maximum Gasteiger partial charge on any atom is 0.257 e. The molecule has 0 aliphatic carbocycles. The summed E-state index contributed by atoms with van der Waals surface area (Å²) < 4.78 is 49.4. The Morgan fingerprint density at radius 1 is 1.18 bits per heavy atom. The van der Waals surface area contributed by atoms with Gasteiger partial charge in [0.15, 0.2) is 11.5 Å². The van der Waals surface area contributed by atoms with E-state index in [-0.39, 0.29) is 39.2 Å². The highest BCUT2D eigenvalue weighted by molar-refractivity contribution is 7.92. The number of methoxy groups -OCH3 is 2. The second-order valence-corrected chi connectivity index (χ2v) is 8.37. The van der Waals surface area contributed by atoms with E-state index in [1.54, 1.807) is 0 Å². The molecule has 0 atom stereocenters. The van der Waals surface area contributed by atoms with E-state index in [9.17, 15) is 17.6 Å². The van der Waals surface area contributed by atoms with Gasteiger partial charge >= 0.3 is 0 Å². The van der Waals surface area contributed by atoms with Crippen molar-refractivity contribution in [3.05, 3.63) is 46.7 Å². The molecule has 0 spiro atoms. The first-order valence-corrected chi connectivity index (χ1v) is 10.1.